The molecule has 0 radical (unpaired) electrons. The Morgan fingerprint density at radius 2 is 1.89 bits per heavy atom. The number of hydrogen-bond acceptors (Lipinski definition) is 10. The van der Waals surface area contributed by atoms with Gasteiger partial charge in [-0.1, -0.05) is 41.9 Å². The number of aromatic nitrogens is 5. The first kappa shape index (κ1) is 36.3. The van der Waals surface area contributed by atoms with Crippen LogP contribution in [0.3, 0.4) is 0 Å². The van der Waals surface area contributed by atoms with Gasteiger partial charge in [0.2, 0.25) is 5.91 Å². The molecule has 9 rings (SSSR count). The topological polar surface area (TPSA) is 124 Å². The molecule has 11 nitrogen and oxygen atoms in total. The van der Waals surface area contributed by atoms with Gasteiger partial charge in [-0.2, -0.15) is 15.2 Å². The summed E-state index contributed by atoms with van der Waals surface area (Å²) in [4.78, 5) is 41.5. The molecule has 3 aliphatic heterocycles. The van der Waals surface area contributed by atoms with Crippen LogP contribution in [-0.2, 0) is 4.79 Å². The molecule has 1 saturated carbocycles. The van der Waals surface area contributed by atoms with Gasteiger partial charge in [-0.05, 0) is 49.8 Å². The molecule has 15 heteroatoms. The number of fused-ring (bicyclic) bond motifs is 3. The number of nitriles is 1. The third-order valence-corrected chi connectivity index (χ3v) is 11.8. The average Bonchev–Trinajstić information content (AvgIpc) is 3.91. The van der Waals surface area contributed by atoms with E-state index in [-0.39, 0.29) is 61.5 Å². The number of rotatable bonds is 9. The Labute approximate surface area is 325 Å². The molecule has 2 aromatic carbocycles. The number of anilines is 1. The summed E-state index contributed by atoms with van der Waals surface area (Å²) in [6, 6.07) is 12.5. The number of pyridine rings is 1. The first-order chi connectivity index (χ1) is 27.2. The SMILES string of the molecule is N#CC[C@H]1CN(c2nc(OC[C@@]34CCCN3C[C@H](F)C4)nc3c(F)c(-c4cccc5cccc(Cl)c45)ncc23)CCN1C(=O)/C=C/c1nc(C2CC2)ncc1F. The van der Waals surface area contributed by atoms with Gasteiger partial charge in [0.1, 0.15) is 41.3 Å². The summed E-state index contributed by atoms with van der Waals surface area (Å²) in [5.74, 6) is -0.621. The van der Waals surface area contributed by atoms with E-state index < -0.39 is 35.3 Å². The monoisotopic (exact) mass is 779 g/mol. The van der Waals surface area contributed by atoms with Crippen molar-refractivity contribution in [2.24, 2.45) is 0 Å². The fourth-order valence-corrected chi connectivity index (χ4v) is 8.85. The summed E-state index contributed by atoms with van der Waals surface area (Å²) in [6.07, 6.45) is 8.22. The predicted octanol–water partition coefficient (Wildman–Crippen LogP) is 7.04. The zero-order valence-electron chi connectivity index (χ0n) is 30.3. The van der Waals surface area contributed by atoms with Crippen LogP contribution in [0.1, 0.15) is 56.0 Å². The van der Waals surface area contributed by atoms with Gasteiger partial charge >= 0.3 is 6.01 Å². The van der Waals surface area contributed by atoms with E-state index in [1.165, 1.54) is 18.3 Å². The molecule has 3 aromatic heterocycles. The highest BCUT2D eigenvalue weighted by atomic mass is 35.5. The Kier molecular flexibility index (Phi) is 9.45. The summed E-state index contributed by atoms with van der Waals surface area (Å²) in [7, 11) is 0. The van der Waals surface area contributed by atoms with Crippen molar-refractivity contribution in [1.82, 2.24) is 34.7 Å². The number of piperazine rings is 1. The lowest BCUT2D eigenvalue weighted by Crippen LogP contribution is -2.55. The van der Waals surface area contributed by atoms with Crippen molar-refractivity contribution in [3.05, 3.63) is 83.0 Å². The quantitative estimate of drug-likeness (QED) is 0.144. The van der Waals surface area contributed by atoms with Crippen LogP contribution < -0.4 is 9.64 Å². The molecule has 3 saturated heterocycles. The maximum absolute atomic E-state index is 17.0. The Morgan fingerprint density at radius 3 is 2.71 bits per heavy atom. The molecule has 1 aliphatic carbocycles. The van der Waals surface area contributed by atoms with Crippen molar-refractivity contribution < 1.29 is 22.7 Å². The number of halogens is 4. The summed E-state index contributed by atoms with van der Waals surface area (Å²) in [5.41, 5.74) is 0.0638. The lowest BCUT2D eigenvalue weighted by atomic mass is 9.95. The third kappa shape index (κ3) is 6.66. The van der Waals surface area contributed by atoms with Crippen molar-refractivity contribution in [3.63, 3.8) is 0 Å². The van der Waals surface area contributed by atoms with Gasteiger partial charge in [0.25, 0.3) is 0 Å². The number of carbonyl (C=O) groups excluding carboxylic acids is 1. The number of amides is 1. The van der Waals surface area contributed by atoms with Gasteiger partial charge in [-0.3, -0.25) is 14.7 Å². The number of nitrogens with zero attached hydrogens (tertiary/aromatic N) is 9. The molecule has 0 bridgehead atoms. The number of alkyl halides is 1. The minimum Gasteiger partial charge on any atom is -0.461 e. The Bertz CT molecular complexity index is 2440. The predicted molar refractivity (Wildman–Crippen MR) is 205 cm³/mol. The fraction of sp³-hybridized carbons (Fsp3) is 0.390. The van der Waals surface area contributed by atoms with Crippen LogP contribution in [0.25, 0.3) is 39.0 Å². The molecule has 1 amide bonds. The van der Waals surface area contributed by atoms with E-state index in [4.69, 9.17) is 21.3 Å². The molecule has 56 heavy (non-hydrogen) atoms. The average molecular weight is 780 g/mol. The first-order valence-electron chi connectivity index (χ1n) is 18.9. The highest BCUT2D eigenvalue weighted by Gasteiger charge is 2.49. The largest absolute Gasteiger partial charge is 0.461 e. The Morgan fingerprint density at radius 1 is 1.05 bits per heavy atom. The van der Waals surface area contributed by atoms with Crippen molar-refractivity contribution in [3.8, 4) is 23.3 Å². The molecule has 4 fully saturated rings. The van der Waals surface area contributed by atoms with Gasteiger partial charge in [-0.15, -0.1) is 0 Å². The zero-order valence-corrected chi connectivity index (χ0v) is 31.1. The molecule has 3 atom stereocenters. The summed E-state index contributed by atoms with van der Waals surface area (Å²) >= 11 is 6.63. The maximum Gasteiger partial charge on any atom is 0.319 e. The molecule has 5 aromatic rings. The van der Waals surface area contributed by atoms with E-state index in [2.05, 4.69) is 30.9 Å². The van der Waals surface area contributed by atoms with E-state index in [1.807, 2.05) is 29.2 Å². The van der Waals surface area contributed by atoms with E-state index in [9.17, 15) is 18.8 Å². The van der Waals surface area contributed by atoms with Gasteiger partial charge in [-0.25, -0.2) is 23.1 Å². The normalized spacial score (nSPS) is 22.6. The van der Waals surface area contributed by atoms with Crippen LogP contribution in [0.5, 0.6) is 6.01 Å². The highest BCUT2D eigenvalue weighted by Crippen LogP contribution is 2.42. The molecule has 6 heterocycles. The summed E-state index contributed by atoms with van der Waals surface area (Å²) < 4.78 is 52.5. The van der Waals surface area contributed by atoms with E-state index >= 15 is 4.39 Å². The minimum absolute atomic E-state index is 0.00248. The number of carbonyl (C=O) groups is 1. The summed E-state index contributed by atoms with van der Waals surface area (Å²) in [6.45, 7) is 1.89. The van der Waals surface area contributed by atoms with Gasteiger partial charge in [0.15, 0.2) is 11.6 Å². The van der Waals surface area contributed by atoms with Crippen LogP contribution in [0.15, 0.2) is 54.9 Å². The van der Waals surface area contributed by atoms with Gasteiger partial charge in [0.05, 0.1) is 35.7 Å². The molecule has 286 valence electrons. The third-order valence-electron chi connectivity index (χ3n) is 11.5. The number of ether oxygens (including phenoxy) is 1. The second-order valence-corrected chi connectivity index (χ2v) is 15.5. The van der Waals surface area contributed by atoms with Crippen LogP contribution in [0, 0.1) is 23.0 Å². The smallest absolute Gasteiger partial charge is 0.319 e. The summed E-state index contributed by atoms with van der Waals surface area (Å²) in [5, 5.41) is 12.1. The molecular formula is C41H37ClF3N9O2. The van der Waals surface area contributed by atoms with Crippen molar-refractivity contribution in [1.29, 1.82) is 5.26 Å². The van der Waals surface area contributed by atoms with Gasteiger partial charge in [0, 0.05) is 66.8 Å². The highest BCUT2D eigenvalue weighted by molar-refractivity contribution is 6.36. The van der Waals surface area contributed by atoms with Crippen LogP contribution in [0.4, 0.5) is 19.0 Å². The van der Waals surface area contributed by atoms with Crippen molar-refractivity contribution >= 4 is 51.1 Å². The first-order valence-corrected chi connectivity index (χ1v) is 19.3. The van der Waals surface area contributed by atoms with Gasteiger partial charge < -0.3 is 14.5 Å². The molecule has 0 unspecified atom stereocenters. The second-order valence-electron chi connectivity index (χ2n) is 15.1. The minimum atomic E-state index is -0.961. The molecule has 0 spiro atoms. The van der Waals surface area contributed by atoms with E-state index in [0.29, 0.717) is 46.0 Å². The maximum atomic E-state index is 17.0. The van der Waals surface area contributed by atoms with Crippen molar-refractivity contribution in [2.45, 2.75) is 62.2 Å². The van der Waals surface area contributed by atoms with Crippen LogP contribution >= 0.6 is 11.6 Å². The molecular weight excluding hydrogens is 743 g/mol. The fourth-order valence-electron chi connectivity index (χ4n) is 8.57. The van der Waals surface area contributed by atoms with Crippen LogP contribution in [-0.4, -0.2) is 97.7 Å². The van der Waals surface area contributed by atoms with Crippen LogP contribution in [0.2, 0.25) is 5.02 Å². The van der Waals surface area contributed by atoms with E-state index in [1.54, 1.807) is 17.0 Å². The molecule has 0 N–H and O–H groups in total. The standard InChI is InChI=1S/C41H37ClF3N9O2/c42-30-7-2-5-24-4-1-6-28(34(24)30)36-35(45)37-29(19-47-36)39(51-40(50-37)56-23-41-13-3-15-53(41)21-26(43)18-41)52-16-17-54(27(22-52)12-14-46)33(55)11-10-32-31(44)20-48-38(49-32)25-8-9-25/h1-2,4-7,10-11,19-20,25-27H,3,8-9,12-13,15-18,21-23H2/b11-10+/t26-,27+,41+/m1/s1. The van der Waals surface area contributed by atoms with Crippen molar-refractivity contribution in [2.75, 3.05) is 44.2 Å². The number of hydrogen-bond donors (Lipinski definition) is 0. The zero-order chi connectivity index (χ0) is 38.6. The lowest BCUT2D eigenvalue weighted by molar-refractivity contribution is -0.128. The second kappa shape index (κ2) is 14.6. The van der Waals surface area contributed by atoms with E-state index in [0.717, 1.165) is 43.8 Å². The molecule has 4 aliphatic rings. The Hall–Kier alpha value is -5.39. The number of benzene rings is 2. The lowest BCUT2D eigenvalue weighted by Gasteiger charge is -2.41. The Balaban J connectivity index is 1.06.